The molecule has 4 nitrogen and oxygen atoms in total. The summed E-state index contributed by atoms with van der Waals surface area (Å²) in [5, 5.41) is 9.12. The molecule has 2 aromatic rings. The number of carbonyl (C=O) groups is 1. The molecule has 1 unspecified atom stereocenters. The van der Waals surface area contributed by atoms with Crippen LogP contribution in [0.2, 0.25) is 0 Å². The predicted molar refractivity (Wildman–Crippen MR) is 71.4 cm³/mol. The zero-order chi connectivity index (χ0) is 13.8. The zero-order valence-electron chi connectivity index (χ0n) is 10.8. The summed E-state index contributed by atoms with van der Waals surface area (Å²) in [6, 6.07) is 12.8. The maximum absolute atomic E-state index is 11.1. The molecule has 1 N–H and O–H groups in total. The lowest BCUT2D eigenvalue weighted by Crippen LogP contribution is -2.09. The van der Waals surface area contributed by atoms with Gasteiger partial charge in [-0.25, -0.2) is 9.78 Å². The number of ether oxygens (including phenoxy) is 1. The second-order valence-electron chi connectivity index (χ2n) is 4.28. The molecule has 0 saturated heterocycles. The Morgan fingerprint density at radius 1 is 1.21 bits per heavy atom. The van der Waals surface area contributed by atoms with Crippen molar-refractivity contribution in [3.05, 3.63) is 59.3 Å². The van der Waals surface area contributed by atoms with Crippen LogP contribution in [-0.2, 0) is 0 Å². The van der Waals surface area contributed by atoms with Crippen molar-refractivity contribution >= 4 is 5.97 Å². The van der Waals surface area contributed by atoms with Gasteiger partial charge in [-0.15, -0.1) is 0 Å². The molecule has 0 spiro atoms. The first-order chi connectivity index (χ1) is 9.08. The van der Waals surface area contributed by atoms with E-state index >= 15 is 0 Å². The van der Waals surface area contributed by atoms with Crippen molar-refractivity contribution in [3.63, 3.8) is 0 Å². The molecular weight excluding hydrogens is 242 g/mol. The maximum Gasteiger partial charge on any atom is 0.341 e. The molecule has 0 aliphatic carbocycles. The molecule has 19 heavy (non-hydrogen) atoms. The molecule has 4 heteroatoms. The van der Waals surface area contributed by atoms with Gasteiger partial charge in [-0.05, 0) is 31.5 Å². The van der Waals surface area contributed by atoms with Gasteiger partial charge in [0, 0.05) is 5.69 Å². The van der Waals surface area contributed by atoms with Crippen LogP contribution in [0.25, 0.3) is 0 Å². The lowest BCUT2D eigenvalue weighted by atomic mass is 10.1. The quantitative estimate of drug-likeness (QED) is 0.913. The summed E-state index contributed by atoms with van der Waals surface area (Å²) < 4.78 is 5.68. The lowest BCUT2D eigenvalue weighted by molar-refractivity contribution is 0.0688. The summed E-state index contributed by atoms with van der Waals surface area (Å²) in [5.41, 5.74) is 1.77. The van der Waals surface area contributed by atoms with E-state index in [2.05, 4.69) is 4.98 Å². The van der Waals surface area contributed by atoms with E-state index in [0.29, 0.717) is 0 Å². The van der Waals surface area contributed by atoms with Crippen molar-refractivity contribution in [3.8, 4) is 5.88 Å². The van der Waals surface area contributed by atoms with Crippen LogP contribution in [0.1, 0.15) is 34.6 Å². The molecule has 0 saturated carbocycles. The largest absolute Gasteiger partial charge is 0.477 e. The Labute approximate surface area is 111 Å². The van der Waals surface area contributed by atoms with Gasteiger partial charge in [0.15, 0.2) is 0 Å². The molecule has 2 rings (SSSR count). The van der Waals surface area contributed by atoms with Gasteiger partial charge in [-0.1, -0.05) is 30.3 Å². The van der Waals surface area contributed by atoms with Crippen molar-refractivity contribution in [1.29, 1.82) is 0 Å². The van der Waals surface area contributed by atoms with Gasteiger partial charge in [0.25, 0.3) is 0 Å². The van der Waals surface area contributed by atoms with Crippen LogP contribution >= 0.6 is 0 Å². The first-order valence-corrected chi connectivity index (χ1v) is 6.00. The third-order valence-electron chi connectivity index (χ3n) is 2.79. The number of rotatable bonds is 4. The van der Waals surface area contributed by atoms with Crippen molar-refractivity contribution in [2.75, 3.05) is 0 Å². The van der Waals surface area contributed by atoms with Gasteiger partial charge in [0.05, 0.1) is 0 Å². The van der Waals surface area contributed by atoms with Crippen LogP contribution < -0.4 is 4.74 Å². The minimum atomic E-state index is -1.04. The second-order valence-corrected chi connectivity index (χ2v) is 4.28. The van der Waals surface area contributed by atoms with E-state index in [1.165, 1.54) is 6.07 Å². The summed E-state index contributed by atoms with van der Waals surface area (Å²) in [6.45, 7) is 3.66. The van der Waals surface area contributed by atoms with Crippen molar-refractivity contribution < 1.29 is 14.6 Å². The number of hydrogen-bond donors (Lipinski definition) is 1. The molecule has 0 aliphatic heterocycles. The van der Waals surface area contributed by atoms with Crippen LogP contribution in [0.4, 0.5) is 0 Å². The van der Waals surface area contributed by atoms with E-state index in [9.17, 15) is 4.79 Å². The number of aromatic carboxylic acids is 1. The van der Waals surface area contributed by atoms with Crippen LogP contribution in [0.5, 0.6) is 5.88 Å². The highest BCUT2D eigenvalue weighted by atomic mass is 16.5. The van der Waals surface area contributed by atoms with Crippen LogP contribution in [-0.4, -0.2) is 16.1 Å². The number of aryl methyl sites for hydroxylation is 1. The van der Waals surface area contributed by atoms with Crippen molar-refractivity contribution in [2.45, 2.75) is 20.0 Å². The van der Waals surface area contributed by atoms with E-state index in [4.69, 9.17) is 9.84 Å². The standard InChI is InChI=1S/C15H15NO3/c1-10-8-9-13(15(17)18)14(16-10)19-11(2)12-6-4-3-5-7-12/h3-9,11H,1-2H3,(H,17,18). The second kappa shape index (κ2) is 5.52. The zero-order valence-corrected chi connectivity index (χ0v) is 10.8. The van der Waals surface area contributed by atoms with E-state index in [0.717, 1.165) is 11.3 Å². The summed E-state index contributed by atoms with van der Waals surface area (Å²) in [6.07, 6.45) is -0.256. The van der Waals surface area contributed by atoms with Crippen LogP contribution in [0.3, 0.4) is 0 Å². The van der Waals surface area contributed by atoms with E-state index in [1.54, 1.807) is 13.0 Å². The van der Waals surface area contributed by atoms with Gasteiger partial charge < -0.3 is 9.84 Å². The van der Waals surface area contributed by atoms with E-state index in [1.807, 2.05) is 37.3 Å². The minimum absolute atomic E-state index is 0.0772. The average molecular weight is 257 g/mol. The Morgan fingerprint density at radius 2 is 1.89 bits per heavy atom. The molecule has 0 radical (unpaired) electrons. The normalized spacial score (nSPS) is 11.9. The highest BCUT2D eigenvalue weighted by Gasteiger charge is 2.16. The van der Waals surface area contributed by atoms with Crippen LogP contribution in [0, 0.1) is 6.92 Å². The maximum atomic E-state index is 11.1. The smallest absolute Gasteiger partial charge is 0.341 e. The molecule has 1 aromatic heterocycles. The Kier molecular flexibility index (Phi) is 3.80. The topological polar surface area (TPSA) is 59.4 Å². The molecular formula is C15H15NO3. The summed E-state index contributed by atoms with van der Waals surface area (Å²) >= 11 is 0. The van der Waals surface area contributed by atoms with Gasteiger partial charge in [0.2, 0.25) is 5.88 Å². The first-order valence-electron chi connectivity index (χ1n) is 6.00. The van der Waals surface area contributed by atoms with Gasteiger partial charge in [-0.2, -0.15) is 0 Å². The van der Waals surface area contributed by atoms with E-state index < -0.39 is 5.97 Å². The van der Waals surface area contributed by atoms with Crippen molar-refractivity contribution in [1.82, 2.24) is 4.98 Å². The molecule has 1 atom stereocenters. The number of aromatic nitrogens is 1. The average Bonchev–Trinajstić information content (AvgIpc) is 2.39. The Hall–Kier alpha value is -2.36. The number of nitrogens with zero attached hydrogens (tertiary/aromatic N) is 1. The van der Waals surface area contributed by atoms with Crippen LogP contribution in [0.15, 0.2) is 42.5 Å². The lowest BCUT2D eigenvalue weighted by Gasteiger charge is -2.16. The molecule has 0 amide bonds. The van der Waals surface area contributed by atoms with Crippen molar-refractivity contribution in [2.24, 2.45) is 0 Å². The fraction of sp³-hybridized carbons (Fsp3) is 0.200. The number of hydrogen-bond acceptors (Lipinski definition) is 3. The Balaban J connectivity index is 2.28. The predicted octanol–water partition coefficient (Wildman–Crippen LogP) is 3.23. The monoisotopic (exact) mass is 257 g/mol. The van der Waals surface area contributed by atoms with E-state index in [-0.39, 0.29) is 17.5 Å². The fourth-order valence-electron chi connectivity index (χ4n) is 1.75. The number of carboxylic acid groups (broad SMARTS) is 1. The van der Waals surface area contributed by atoms with Gasteiger partial charge >= 0.3 is 5.97 Å². The van der Waals surface area contributed by atoms with Gasteiger partial charge in [0.1, 0.15) is 11.7 Å². The summed E-state index contributed by atoms with van der Waals surface area (Å²) in [7, 11) is 0. The summed E-state index contributed by atoms with van der Waals surface area (Å²) in [4.78, 5) is 15.3. The molecule has 1 heterocycles. The molecule has 0 aliphatic rings. The Morgan fingerprint density at radius 3 is 2.53 bits per heavy atom. The molecule has 98 valence electrons. The number of carboxylic acids is 1. The molecule has 0 bridgehead atoms. The molecule has 0 fully saturated rings. The third-order valence-corrected chi connectivity index (χ3v) is 2.79. The molecule has 1 aromatic carbocycles. The highest BCUT2D eigenvalue weighted by molar-refractivity contribution is 5.90. The third kappa shape index (κ3) is 3.10. The number of benzene rings is 1. The number of pyridine rings is 1. The highest BCUT2D eigenvalue weighted by Crippen LogP contribution is 2.23. The fourth-order valence-corrected chi connectivity index (χ4v) is 1.75. The Bertz CT molecular complexity index is 581. The SMILES string of the molecule is Cc1ccc(C(=O)O)c(OC(C)c2ccccc2)n1. The van der Waals surface area contributed by atoms with Gasteiger partial charge in [-0.3, -0.25) is 0 Å². The summed E-state index contributed by atoms with van der Waals surface area (Å²) in [5.74, 6) is -0.883. The minimum Gasteiger partial charge on any atom is -0.477 e. The first kappa shape index (κ1) is 13.1.